The average molecular weight is 254 g/mol. The molecule has 2 heteroatoms. The average Bonchev–Trinajstić information content (AvgIpc) is 2.34. The fraction of sp³-hybridized carbons (Fsp3) is 0.600. The first-order chi connectivity index (χ1) is 8.19. The molecular weight excluding hydrogens is 230 g/mol. The van der Waals surface area contributed by atoms with Gasteiger partial charge < -0.3 is 5.32 Å². The lowest BCUT2D eigenvalue weighted by atomic mass is 9.85. The summed E-state index contributed by atoms with van der Waals surface area (Å²) in [7, 11) is 0. The van der Waals surface area contributed by atoms with Gasteiger partial charge in [0.1, 0.15) is 0 Å². The molecule has 0 heterocycles. The van der Waals surface area contributed by atoms with Crippen LogP contribution < -0.4 is 5.32 Å². The molecular formula is C15H24ClN. The second-order valence-electron chi connectivity index (χ2n) is 4.75. The molecule has 1 aromatic rings. The van der Waals surface area contributed by atoms with Crippen molar-refractivity contribution in [3.63, 3.8) is 0 Å². The number of rotatable bonds is 7. The number of halogens is 1. The van der Waals surface area contributed by atoms with Gasteiger partial charge in [-0.25, -0.2) is 0 Å². The fourth-order valence-corrected chi connectivity index (χ4v) is 2.30. The van der Waals surface area contributed by atoms with Crippen molar-refractivity contribution in [3.8, 4) is 0 Å². The molecule has 0 aliphatic carbocycles. The van der Waals surface area contributed by atoms with Gasteiger partial charge in [0.15, 0.2) is 0 Å². The van der Waals surface area contributed by atoms with Crippen LogP contribution in [0.1, 0.15) is 45.1 Å². The number of nitrogens with one attached hydrogen (secondary N) is 1. The van der Waals surface area contributed by atoms with Crippen LogP contribution in [0.15, 0.2) is 24.3 Å². The van der Waals surface area contributed by atoms with E-state index in [9.17, 15) is 0 Å². The SMILES string of the molecule is CCCNCC(c1cccc(Cl)c1)C(C)CC. The third-order valence-electron chi connectivity index (χ3n) is 3.40. The van der Waals surface area contributed by atoms with Crippen molar-refractivity contribution in [2.75, 3.05) is 13.1 Å². The molecule has 0 bridgehead atoms. The zero-order valence-corrected chi connectivity index (χ0v) is 11.9. The summed E-state index contributed by atoms with van der Waals surface area (Å²) in [6.45, 7) is 8.91. The van der Waals surface area contributed by atoms with E-state index in [0.29, 0.717) is 11.8 Å². The molecule has 2 unspecified atom stereocenters. The smallest absolute Gasteiger partial charge is 0.0408 e. The molecule has 0 aliphatic heterocycles. The van der Waals surface area contributed by atoms with Crippen LogP contribution >= 0.6 is 11.6 Å². The fourth-order valence-electron chi connectivity index (χ4n) is 2.10. The summed E-state index contributed by atoms with van der Waals surface area (Å²) in [6.07, 6.45) is 2.38. The summed E-state index contributed by atoms with van der Waals surface area (Å²) in [5, 5.41) is 4.36. The van der Waals surface area contributed by atoms with Gasteiger partial charge in [0, 0.05) is 11.6 Å². The third-order valence-corrected chi connectivity index (χ3v) is 3.63. The van der Waals surface area contributed by atoms with Gasteiger partial charge in [-0.2, -0.15) is 0 Å². The zero-order chi connectivity index (χ0) is 12.7. The molecule has 0 radical (unpaired) electrons. The highest BCUT2D eigenvalue weighted by molar-refractivity contribution is 6.30. The van der Waals surface area contributed by atoms with Gasteiger partial charge in [-0.3, -0.25) is 0 Å². The van der Waals surface area contributed by atoms with Gasteiger partial charge in [0.25, 0.3) is 0 Å². The standard InChI is InChI=1S/C15H24ClN/c1-4-9-17-11-15(12(3)5-2)13-7-6-8-14(16)10-13/h6-8,10,12,15,17H,4-5,9,11H2,1-3H3. The van der Waals surface area contributed by atoms with E-state index < -0.39 is 0 Å². The molecule has 1 aromatic carbocycles. The third kappa shape index (κ3) is 4.69. The Labute approximate surface area is 111 Å². The molecule has 0 aromatic heterocycles. The van der Waals surface area contributed by atoms with E-state index in [1.54, 1.807) is 0 Å². The summed E-state index contributed by atoms with van der Waals surface area (Å²) in [4.78, 5) is 0. The molecule has 0 saturated carbocycles. The van der Waals surface area contributed by atoms with Crippen LogP contribution in [0.3, 0.4) is 0 Å². The molecule has 1 rings (SSSR count). The van der Waals surface area contributed by atoms with Crippen LogP contribution in [0.5, 0.6) is 0 Å². The van der Waals surface area contributed by atoms with Gasteiger partial charge in [-0.05, 0) is 42.5 Å². The predicted octanol–water partition coefficient (Wildman–Crippen LogP) is 4.47. The van der Waals surface area contributed by atoms with Crippen LogP contribution in [0.25, 0.3) is 0 Å². The molecule has 2 atom stereocenters. The Hall–Kier alpha value is -0.530. The van der Waals surface area contributed by atoms with Gasteiger partial charge in [0.05, 0.1) is 0 Å². The van der Waals surface area contributed by atoms with E-state index in [2.05, 4.69) is 38.2 Å². The summed E-state index contributed by atoms with van der Waals surface area (Å²) in [5.41, 5.74) is 1.36. The molecule has 0 fully saturated rings. The maximum atomic E-state index is 6.08. The minimum atomic E-state index is 0.560. The Kier molecular flexibility index (Phi) is 6.61. The zero-order valence-electron chi connectivity index (χ0n) is 11.2. The summed E-state index contributed by atoms with van der Waals surface area (Å²) in [6, 6.07) is 8.29. The van der Waals surface area contributed by atoms with Gasteiger partial charge >= 0.3 is 0 Å². The normalized spacial score (nSPS) is 14.6. The highest BCUT2D eigenvalue weighted by atomic mass is 35.5. The van der Waals surface area contributed by atoms with Crippen molar-refractivity contribution in [2.24, 2.45) is 5.92 Å². The van der Waals surface area contributed by atoms with Crippen molar-refractivity contribution in [1.82, 2.24) is 5.32 Å². The van der Waals surface area contributed by atoms with Crippen LogP contribution in [0.4, 0.5) is 0 Å². The van der Waals surface area contributed by atoms with E-state index >= 15 is 0 Å². The summed E-state index contributed by atoms with van der Waals surface area (Å²) in [5.74, 6) is 1.24. The Morgan fingerprint density at radius 3 is 2.65 bits per heavy atom. The Bertz CT molecular complexity index is 324. The second kappa shape index (κ2) is 7.73. The van der Waals surface area contributed by atoms with Crippen LogP contribution in [-0.2, 0) is 0 Å². The maximum Gasteiger partial charge on any atom is 0.0408 e. The number of hydrogen-bond donors (Lipinski definition) is 1. The Balaban J connectivity index is 2.74. The van der Waals surface area contributed by atoms with E-state index in [1.165, 1.54) is 18.4 Å². The largest absolute Gasteiger partial charge is 0.316 e. The van der Waals surface area contributed by atoms with Gasteiger partial charge in [0.2, 0.25) is 0 Å². The highest BCUT2D eigenvalue weighted by Gasteiger charge is 2.17. The first-order valence-corrected chi connectivity index (χ1v) is 7.03. The minimum absolute atomic E-state index is 0.560. The van der Waals surface area contributed by atoms with E-state index in [-0.39, 0.29) is 0 Å². The highest BCUT2D eigenvalue weighted by Crippen LogP contribution is 2.28. The van der Waals surface area contributed by atoms with Crippen molar-refractivity contribution in [3.05, 3.63) is 34.9 Å². The van der Waals surface area contributed by atoms with Crippen molar-refractivity contribution in [2.45, 2.75) is 39.5 Å². The van der Waals surface area contributed by atoms with Crippen molar-refractivity contribution in [1.29, 1.82) is 0 Å². The lowest BCUT2D eigenvalue weighted by Gasteiger charge is -2.24. The quantitative estimate of drug-likeness (QED) is 0.707. The Morgan fingerprint density at radius 1 is 1.29 bits per heavy atom. The maximum absolute atomic E-state index is 6.08. The molecule has 1 nitrogen and oxygen atoms in total. The van der Waals surface area contributed by atoms with Crippen LogP contribution in [0, 0.1) is 5.92 Å². The molecule has 0 saturated heterocycles. The number of hydrogen-bond acceptors (Lipinski definition) is 1. The lowest BCUT2D eigenvalue weighted by molar-refractivity contribution is 0.421. The summed E-state index contributed by atoms with van der Waals surface area (Å²) < 4.78 is 0. The molecule has 96 valence electrons. The van der Waals surface area contributed by atoms with E-state index in [4.69, 9.17) is 11.6 Å². The first kappa shape index (κ1) is 14.5. The molecule has 0 amide bonds. The molecule has 17 heavy (non-hydrogen) atoms. The molecule has 0 aliphatic rings. The van der Waals surface area contributed by atoms with Crippen LogP contribution in [0.2, 0.25) is 5.02 Å². The minimum Gasteiger partial charge on any atom is -0.316 e. The van der Waals surface area contributed by atoms with Gasteiger partial charge in [-0.1, -0.05) is 50.9 Å². The Morgan fingerprint density at radius 2 is 2.06 bits per heavy atom. The number of benzene rings is 1. The lowest BCUT2D eigenvalue weighted by Crippen LogP contribution is -2.26. The van der Waals surface area contributed by atoms with E-state index in [0.717, 1.165) is 18.1 Å². The first-order valence-electron chi connectivity index (χ1n) is 6.65. The predicted molar refractivity (Wildman–Crippen MR) is 76.8 cm³/mol. The van der Waals surface area contributed by atoms with Crippen molar-refractivity contribution >= 4 is 11.6 Å². The second-order valence-corrected chi connectivity index (χ2v) is 5.19. The molecule has 1 N–H and O–H groups in total. The van der Waals surface area contributed by atoms with Crippen molar-refractivity contribution < 1.29 is 0 Å². The molecule has 0 spiro atoms. The van der Waals surface area contributed by atoms with E-state index in [1.807, 2.05) is 12.1 Å². The summed E-state index contributed by atoms with van der Waals surface area (Å²) >= 11 is 6.08. The monoisotopic (exact) mass is 253 g/mol. The topological polar surface area (TPSA) is 12.0 Å². The van der Waals surface area contributed by atoms with Gasteiger partial charge in [-0.15, -0.1) is 0 Å². The van der Waals surface area contributed by atoms with Crippen LogP contribution in [-0.4, -0.2) is 13.1 Å².